The van der Waals surface area contributed by atoms with Crippen molar-refractivity contribution in [1.82, 2.24) is 4.57 Å². The summed E-state index contributed by atoms with van der Waals surface area (Å²) in [6, 6.07) is 0. The first-order valence-electron chi connectivity index (χ1n) is 3.83. The average molecular weight is 169 g/mol. The van der Waals surface area contributed by atoms with Crippen LogP contribution in [-0.2, 0) is 18.4 Å². The number of aryl methyl sites for hydroxylation is 1. The molecule has 1 rings (SSSR count). The first kappa shape index (κ1) is 8.77. The van der Waals surface area contributed by atoms with Crippen molar-refractivity contribution < 1.29 is 14.5 Å². The normalized spacial score (nSPS) is 12.8. The largest absolute Gasteiger partial charge is 0.481 e. The van der Waals surface area contributed by atoms with E-state index < -0.39 is 5.97 Å². The molecule has 0 bridgehead atoms. The number of aromatic nitrogens is 2. The lowest BCUT2D eigenvalue weighted by atomic mass is 10.2. The van der Waals surface area contributed by atoms with E-state index in [2.05, 4.69) is 0 Å². The number of hydrogen-bond acceptors (Lipinski definition) is 1. The summed E-state index contributed by atoms with van der Waals surface area (Å²) in [5.74, 6) is -1.09. The minimum absolute atomic E-state index is 0.336. The van der Waals surface area contributed by atoms with Gasteiger partial charge in [0, 0.05) is 0 Å². The van der Waals surface area contributed by atoms with Crippen LogP contribution in [0.5, 0.6) is 0 Å². The zero-order valence-corrected chi connectivity index (χ0v) is 7.27. The van der Waals surface area contributed by atoms with Crippen LogP contribution in [0.2, 0.25) is 0 Å². The minimum atomic E-state index is -0.758. The molecule has 0 fully saturated rings. The molecule has 0 aromatic carbocycles. The van der Waals surface area contributed by atoms with Crippen molar-refractivity contribution in [3.8, 4) is 0 Å². The maximum atomic E-state index is 10.5. The van der Waals surface area contributed by atoms with Crippen molar-refractivity contribution >= 4 is 5.97 Å². The molecule has 1 atom stereocenters. The molecule has 0 aliphatic carbocycles. The van der Waals surface area contributed by atoms with Crippen molar-refractivity contribution in [2.75, 3.05) is 0 Å². The van der Waals surface area contributed by atoms with E-state index >= 15 is 0 Å². The van der Waals surface area contributed by atoms with Gasteiger partial charge >= 0.3 is 5.97 Å². The Balaban J connectivity index is 2.58. The summed E-state index contributed by atoms with van der Waals surface area (Å²) in [6.07, 6.45) is 5.60. The summed E-state index contributed by atoms with van der Waals surface area (Å²) < 4.78 is 3.74. The Morgan fingerprint density at radius 2 is 2.42 bits per heavy atom. The summed E-state index contributed by atoms with van der Waals surface area (Å²) in [4.78, 5) is 10.5. The fraction of sp³-hybridized carbons (Fsp3) is 0.500. The van der Waals surface area contributed by atoms with Gasteiger partial charge in [0.15, 0.2) is 0 Å². The molecule has 0 aliphatic rings. The maximum Gasteiger partial charge on any atom is 0.310 e. The highest BCUT2D eigenvalue weighted by Gasteiger charge is 2.14. The quantitative estimate of drug-likeness (QED) is 0.649. The van der Waals surface area contributed by atoms with Crippen LogP contribution >= 0.6 is 0 Å². The molecule has 1 heterocycles. The fourth-order valence-electron chi connectivity index (χ4n) is 1.00. The van der Waals surface area contributed by atoms with E-state index in [-0.39, 0.29) is 5.92 Å². The molecule has 0 spiro atoms. The van der Waals surface area contributed by atoms with Crippen molar-refractivity contribution in [2.24, 2.45) is 13.0 Å². The van der Waals surface area contributed by atoms with Gasteiger partial charge in [0.1, 0.15) is 18.9 Å². The van der Waals surface area contributed by atoms with Gasteiger partial charge in [-0.25, -0.2) is 9.13 Å². The first-order valence-corrected chi connectivity index (χ1v) is 3.83. The summed E-state index contributed by atoms with van der Waals surface area (Å²) in [5.41, 5.74) is 0. The molecule has 66 valence electrons. The van der Waals surface area contributed by atoms with Gasteiger partial charge in [-0.1, -0.05) is 0 Å². The van der Waals surface area contributed by atoms with E-state index in [4.69, 9.17) is 5.11 Å². The van der Waals surface area contributed by atoms with Gasteiger partial charge in [0.25, 0.3) is 0 Å². The fourth-order valence-corrected chi connectivity index (χ4v) is 1.00. The Hall–Kier alpha value is -1.32. The molecule has 1 N–H and O–H groups in total. The molecule has 4 nitrogen and oxygen atoms in total. The average Bonchev–Trinajstić information content (AvgIpc) is 2.35. The highest BCUT2D eigenvalue weighted by Crippen LogP contribution is 1.98. The van der Waals surface area contributed by atoms with Crippen molar-refractivity contribution in [1.29, 1.82) is 0 Å². The van der Waals surface area contributed by atoms with Crippen LogP contribution in [0.15, 0.2) is 18.7 Å². The molecule has 4 heteroatoms. The van der Waals surface area contributed by atoms with Gasteiger partial charge in [-0.05, 0) is 6.92 Å². The summed E-state index contributed by atoms with van der Waals surface area (Å²) in [5, 5.41) is 8.63. The van der Waals surface area contributed by atoms with Gasteiger partial charge in [-0.2, -0.15) is 0 Å². The lowest BCUT2D eigenvalue weighted by molar-refractivity contribution is -0.671. The SMILES string of the molecule is CC(Cn1cc[n+](C)c1)C(=O)O. The zero-order valence-electron chi connectivity index (χ0n) is 7.27. The number of aliphatic carboxylic acids is 1. The zero-order chi connectivity index (χ0) is 9.14. The van der Waals surface area contributed by atoms with E-state index in [0.29, 0.717) is 6.54 Å². The van der Waals surface area contributed by atoms with Crippen molar-refractivity contribution in [3.05, 3.63) is 18.7 Å². The van der Waals surface area contributed by atoms with Crippen LogP contribution in [0.4, 0.5) is 0 Å². The monoisotopic (exact) mass is 169 g/mol. The molecular weight excluding hydrogens is 156 g/mol. The maximum absolute atomic E-state index is 10.5. The first-order chi connectivity index (χ1) is 5.59. The van der Waals surface area contributed by atoms with Crippen molar-refractivity contribution in [2.45, 2.75) is 13.5 Å². The molecular formula is C8H13N2O2+. The molecule has 1 unspecified atom stereocenters. The third-order valence-electron chi connectivity index (χ3n) is 1.73. The lowest BCUT2D eigenvalue weighted by Crippen LogP contribution is -2.24. The summed E-state index contributed by atoms with van der Waals surface area (Å²) >= 11 is 0. The van der Waals surface area contributed by atoms with Gasteiger partial charge in [0.2, 0.25) is 6.33 Å². The smallest absolute Gasteiger partial charge is 0.310 e. The second-order valence-electron chi connectivity index (χ2n) is 3.02. The number of rotatable bonds is 3. The van der Waals surface area contributed by atoms with E-state index in [9.17, 15) is 4.79 Å². The summed E-state index contributed by atoms with van der Waals surface area (Å²) in [6.45, 7) is 2.22. The van der Waals surface area contributed by atoms with Gasteiger partial charge in [-0.15, -0.1) is 0 Å². The van der Waals surface area contributed by atoms with E-state index in [1.54, 1.807) is 6.92 Å². The number of nitrogens with zero attached hydrogens (tertiary/aromatic N) is 2. The molecule has 0 radical (unpaired) electrons. The third-order valence-corrected chi connectivity index (χ3v) is 1.73. The Morgan fingerprint density at radius 3 is 2.83 bits per heavy atom. The van der Waals surface area contributed by atoms with Crippen LogP contribution in [0.1, 0.15) is 6.92 Å². The van der Waals surface area contributed by atoms with Crippen LogP contribution in [0.25, 0.3) is 0 Å². The third kappa shape index (κ3) is 2.08. The number of carboxylic acids is 1. The lowest BCUT2D eigenvalue weighted by Gasteiger charge is -2.00. The Bertz CT molecular complexity index is 280. The highest BCUT2D eigenvalue weighted by atomic mass is 16.4. The molecule has 0 saturated carbocycles. The van der Waals surface area contributed by atoms with E-state index in [1.165, 1.54) is 0 Å². The second-order valence-corrected chi connectivity index (χ2v) is 3.02. The standard InChI is InChI=1S/C8H12N2O2/c1-7(8(11)12)5-10-4-3-9(2)6-10/h3-4,6-7H,5H2,1-2H3/p+1. The molecule has 0 saturated heterocycles. The highest BCUT2D eigenvalue weighted by molar-refractivity contribution is 5.69. The molecule has 0 aliphatic heterocycles. The Labute approximate surface area is 71.1 Å². The van der Waals surface area contributed by atoms with Gasteiger partial charge < -0.3 is 5.11 Å². The molecule has 0 amide bonds. The number of carboxylic acid groups (broad SMARTS) is 1. The topological polar surface area (TPSA) is 46.1 Å². The minimum Gasteiger partial charge on any atom is -0.481 e. The van der Waals surface area contributed by atoms with Crippen molar-refractivity contribution in [3.63, 3.8) is 0 Å². The Morgan fingerprint density at radius 1 is 1.75 bits per heavy atom. The van der Waals surface area contributed by atoms with Crippen LogP contribution in [0, 0.1) is 5.92 Å². The molecule has 12 heavy (non-hydrogen) atoms. The predicted octanol–water partition coefficient (Wildman–Crippen LogP) is 0.0333. The number of hydrogen-bond donors (Lipinski definition) is 1. The number of imidazole rings is 1. The Kier molecular flexibility index (Phi) is 2.47. The summed E-state index contributed by atoms with van der Waals surface area (Å²) in [7, 11) is 1.90. The molecule has 1 aromatic heterocycles. The van der Waals surface area contributed by atoms with Crippen LogP contribution in [0.3, 0.4) is 0 Å². The number of carbonyl (C=O) groups is 1. The van der Waals surface area contributed by atoms with Gasteiger partial charge in [0.05, 0.1) is 13.0 Å². The molecule has 1 aromatic rings. The van der Waals surface area contributed by atoms with Gasteiger partial charge in [-0.3, -0.25) is 4.79 Å². The predicted molar refractivity (Wildman–Crippen MR) is 42.4 cm³/mol. The van der Waals surface area contributed by atoms with Crippen LogP contribution in [-0.4, -0.2) is 15.6 Å². The second kappa shape index (κ2) is 3.38. The van der Waals surface area contributed by atoms with E-state index in [1.807, 2.05) is 34.9 Å². The van der Waals surface area contributed by atoms with E-state index in [0.717, 1.165) is 0 Å². The van der Waals surface area contributed by atoms with Crippen LogP contribution < -0.4 is 4.57 Å².